The topological polar surface area (TPSA) is 25.8 Å². The van der Waals surface area contributed by atoms with E-state index in [0.29, 0.717) is 5.15 Å². The van der Waals surface area contributed by atoms with Crippen LogP contribution < -0.4 is 0 Å². The van der Waals surface area contributed by atoms with Crippen molar-refractivity contribution in [3.8, 4) is 22.5 Å². The lowest BCUT2D eigenvalue weighted by atomic mass is 10.1. The summed E-state index contributed by atoms with van der Waals surface area (Å²) in [6.07, 6.45) is 0. The summed E-state index contributed by atoms with van der Waals surface area (Å²) in [6.45, 7) is 1.96. The second-order valence-corrected chi connectivity index (χ2v) is 4.89. The fourth-order valence-corrected chi connectivity index (χ4v) is 2.38. The Balaban J connectivity index is 2.13. The van der Waals surface area contributed by atoms with Gasteiger partial charge in [0.25, 0.3) is 0 Å². The first kappa shape index (κ1) is 12.8. The van der Waals surface area contributed by atoms with Crippen molar-refractivity contribution in [2.24, 2.45) is 0 Å². The molecule has 0 saturated heterocycles. The predicted molar refractivity (Wildman–Crippen MR) is 82.7 cm³/mol. The van der Waals surface area contributed by atoms with Crippen LogP contribution in [0.25, 0.3) is 22.5 Å². The second-order valence-electron chi connectivity index (χ2n) is 4.53. The van der Waals surface area contributed by atoms with Crippen molar-refractivity contribution in [1.82, 2.24) is 9.97 Å². The summed E-state index contributed by atoms with van der Waals surface area (Å²) >= 11 is 6.31. The van der Waals surface area contributed by atoms with Gasteiger partial charge in [0.1, 0.15) is 5.69 Å². The highest BCUT2D eigenvalue weighted by atomic mass is 35.5. The Hall–Kier alpha value is -2.19. The van der Waals surface area contributed by atoms with E-state index in [2.05, 4.69) is 9.97 Å². The van der Waals surface area contributed by atoms with Crippen LogP contribution >= 0.6 is 11.6 Å². The minimum Gasteiger partial charge on any atom is -0.248 e. The minimum absolute atomic E-state index is 0.431. The van der Waals surface area contributed by atoms with Crippen LogP contribution in [0, 0.1) is 6.92 Å². The molecule has 0 radical (unpaired) electrons. The van der Waals surface area contributed by atoms with Crippen molar-refractivity contribution >= 4 is 11.6 Å². The quantitative estimate of drug-likeness (QED) is 0.675. The van der Waals surface area contributed by atoms with Gasteiger partial charge < -0.3 is 0 Å². The first-order valence-corrected chi connectivity index (χ1v) is 6.78. The van der Waals surface area contributed by atoms with Gasteiger partial charge in [-0.2, -0.15) is 0 Å². The van der Waals surface area contributed by atoms with Crippen molar-refractivity contribution in [3.05, 3.63) is 71.5 Å². The van der Waals surface area contributed by atoms with Crippen LogP contribution in [0.3, 0.4) is 0 Å². The number of rotatable bonds is 2. The van der Waals surface area contributed by atoms with E-state index < -0.39 is 0 Å². The molecule has 3 aromatic rings. The average molecular weight is 281 g/mol. The predicted octanol–water partition coefficient (Wildman–Crippen LogP) is 4.77. The van der Waals surface area contributed by atoms with Crippen LogP contribution in [0.5, 0.6) is 0 Å². The van der Waals surface area contributed by atoms with E-state index in [1.165, 1.54) is 0 Å². The molecule has 3 rings (SSSR count). The van der Waals surface area contributed by atoms with E-state index in [9.17, 15) is 0 Å². The molecular weight excluding hydrogens is 268 g/mol. The summed E-state index contributed by atoms with van der Waals surface area (Å²) in [6, 6.07) is 19.8. The van der Waals surface area contributed by atoms with Gasteiger partial charge in [-0.15, -0.1) is 0 Å². The summed E-state index contributed by atoms with van der Waals surface area (Å²) in [5, 5.41) is 0.431. The SMILES string of the molecule is Cc1nc(-c2ccccc2)c(Cl)nc1-c1ccccc1. The average Bonchev–Trinajstić information content (AvgIpc) is 2.51. The van der Waals surface area contributed by atoms with Gasteiger partial charge in [-0.25, -0.2) is 9.97 Å². The Bertz CT molecular complexity index is 659. The molecule has 0 spiro atoms. The van der Waals surface area contributed by atoms with Crippen LogP contribution in [-0.4, -0.2) is 9.97 Å². The van der Waals surface area contributed by atoms with Gasteiger partial charge in [-0.1, -0.05) is 72.3 Å². The van der Waals surface area contributed by atoms with Gasteiger partial charge in [-0.3, -0.25) is 0 Å². The third-order valence-corrected chi connectivity index (χ3v) is 3.39. The number of nitrogens with zero attached hydrogens (tertiary/aromatic N) is 2. The Labute approximate surface area is 123 Å². The van der Waals surface area contributed by atoms with Crippen molar-refractivity contribution in [2.75, 3.05) is 0 Å². The Morgan fingerprint density at radius 1 is 0.700 bits per heavy atom. The Morgan fingerprint density at radius 3 is 1.75 bits per heavy atom. The van der Waals surface area contributed by atoms with Crippen LogP contribution in [0.15, 0.2) is 60.7 Å². The first-order chi connectivity index (χ1) is 9.75. The molecule has 0 amide bonds. The smallest absolute Gasteiger partial charge is 0.156 e. The zero-order valence-electron chi connectivity index (χ0n) is 11.0. The molecule has 0 fully saturated rings. The first-order valence-electron chi connectivity index (χ1n) is 6.40. The summed E-state index contributed by atoms with van der Waals surface area (Å²) in [4.78, 5) is 9.15. The minimum atomic E-state index is 0.431. The number of halogens is 1. The molecule has 20 heavy (non-hydrogen) atoms. The number of hydrogen-bond donors (Lipinski definition) is 0. The number of benzene rings is 2. The van der Waals surface area contributed by atoms with E-state index in [0.717, 1.165) is 28.2 Å². The lowest BCUT2D eigenvalue weighted by molar-refractivity contribution is 1.13. The van der Waals surface area contributed by atoms with Gasteiger partial charge >= 0.3 is 0 Å². The van der Waals surface area contributed by atoms with Gasteiger partial charge in [-0.05, 0) is 6.92 Å². The molecule has 0 aliphatic rings. The fourth-order valence-electron chi connectivity index (χ4n) is 2.15. The molecule has 3 heteroatoms. The molecule has 0 atom stereocenters. The third kappa shape index (κ3) is 2.43. The lowest BCUT2D eigenvalue weighted by Gasteiger charge is -2.09. The maximum Gasteiger partial charge on any atom is 0.156 e. The second kappa shape index (κ2) is 5.43. The molecule has 98 valence electrons. The standard InChI is InChI=1S/C17H13ClN2/c1-12-15(13-8-4-2-5-9-13)20-17(18)16(19-12)14-10-6-3-7-11-14/h2-11H,1H3. The van der Waals surface area contributed by atoms with Crippen molar-refractivity contribution in [2.45, 2.75) is 6.92 Å². The molecule has 2 aromatic carbocycles. The Kier molecular flexibility index (Phi) is 3.48. The van der Waals surface area contributed by atoms with E-state index >= 15 is 0 Å². The molecule has 0 saturated carbocycles. The van der Waals surface area contributed by atoms with E-state index in [1.54, 1.807) is 0 Å². The molecule has 0 unspecified atom stereocenters. The maximum absolute atomic E-state index is 6.31. The third-order valence-electron chi connectivity index (χ3n) is 3.12. The largest absolute Gasteiger partial charge is 0.248 e. The zero-order valence-corrected chi connectivity index (χ0v) is 11.8. The van der Waals surface area contributed by atoms with Crippen LogP contribution in [0.1, 0.15) is 5.69 Å². The molecule has 1 heterocycles. The van der Waals surface area contributed by atoms with Crippen LogP contribution in [-0.2, 0) is 0 Å². The van der Waals surface area contributed by atoms with E-state index in [-0.39, 0.29) is 0 Å². The number of hydrogen-bond acceptors (Lipinski definition) is 2. The normalized spacial score (nSPS) is 10.5. The molecule has 1 aromatic heterocycles. The molecule has 0 bridgehead atoms. The highest BCUT2D eigenvalue weighted by Gasteiger charge is 2.12. The summed E-state index contributed by atoms with van der Waals surface area (Å²) in [5.41, 5.74) is 4.44. The van der Waals surface area contributed by atoms with Crippen molar-refractivity contribution in [1.29, 1.82) is 0 Å². The van der Waals surface area contributed by atoms with Gasteiger partial charge in [0, 0.05) is 11.1 Å². The summed E-state index contributed by atoms with van der Waals surface area (Å²) < 4.78 is 0. The maximum atomic E-state index is 6.31. The highest BCUT2D eigenvalue weighted by molar-refractivity contribution is 6.31. The fraction of sp³-hybridized carbons (Fsp3) is 0.0588. The monoisotopic (exact) mass is 280 g/mol. The molecule has 2 nitrogen and oxygen atoms in total. The number of aryl methyl sites for hydroxylation is 1. The molecule has 0 N–H and O–H groups in total. The number of aromatic nitrogens is 2. The van der Waals surface area contributed by atoms with E-state index in [4.69, 9.17) is 11.6 Å². The van der Waals surface area contributed by atoms with Gasteiger partial charge in [0.05, 0.1) is 11.4 Å². The van der Waals surface area contributed by atoms with Crippen molar-refractivity contribution in [3.63, 3.8) is 0 Å². The van der Waals surface area contributed by atoms with Crippen molar-refractivity contribution < 1.29 is 0 Å². The van der Waals surface area contributed by atoms with Crippen LogP contribution in [0.4, 0.5) is 0 Å². The molecular formula is C17H13ClN2. The summed E-state index contributed by atoms with van der Waals surface area (Å²) in [7, 11) is 0. The lowest BCUT2D eigenvalue weighted by Crippen LogP contribution is -1.97. The van der Waals surface area contributed by atoms with Gasteiger partial charge in [0.2, 0.25) is 0 Å². The Morgan fingerprint density at radius 2 is 1.20 bits per heavy atom. The van der Waals surface area contributed by atoms with E-state index in [1.807, 2.05) is 67.6 Å². The molecule has 0 aliphatic carbocycles. The van der Waals surface area contributed by atoms with Gasteiger partial charge in [0.15, 0.2) is 5.15 Å². The highest BCUT2D eigenvalue weighted by Crippen LogP contribution is 2.29. The molecule has 0 aliphatic heterocycles. The summed E-state index contributed by atoms with van der Waals surface area (Å²) in [5.74, 6) is 0. The zero-order chi connectivity index (χ0) is 13.9. The van der Waals surface area contributed by atoms with Crippen LogP contribution in [0.2, 0.25) is 5.15 Å².